The van der Waals surface area contributed by atoms with Crippen LogP contribution in [0.5, 0.6) is 5.75 Å². The maximum absolute atomic E-state index is 14.4. The van der Waals surface area contributed by atoms with Crippen molar-refractivity contribution in [2.24, 2.45) is 0 Å². The van der Waals surface area contributed by atoms with Crippen molar-refractivity contribution in [1.29, 1.82) is 0 Å². The number of rotatable bonds is 9. The molecule has 212 valence electrons. The Labute approximate surface area is 231 Å². The Morgan fingerprint density at radius 2 is 1.95 bits per heavy atom. The van der Waals surface area contributed by atoms with E-state index in [0.717, 1.165) is 15.9 Å². The maximum Gasteiger partial charge on any atom is 0.333 e. The third kappa shape index (κ3) is 4.41. The van der Waals surface area contributed by atoms with E-state index in [1.807, 2.05) is 0 Å². The number of hydrogen-bond acceptors (Lipinski definition) is 9. The number of likely N-dealkylation sites (N-methyl/N-ethyl adjacent to an activating group) is 1. The SMILES string of the molecule is COc1ccc(F)cc1C(Cn1c(=O)n(C2(C)CCN(C)C2=O)c(=O)c2c(C)c(-n3nccn3)sc21)OCCO. The van der Waals surface area contributed by atoms with Crippen LogP contribution in [-0.4, -0.2) is 74.0 Å². The van der Waals surface area contributed by atoms with E-state index in [1.54, 1.807) is 20.9 Å². The van der Waals surface area contributed by atoms with Crippen LogP contribution in [0, 0.1) is 12.7 Å². The van der Waals surface area contributed by atoms with E-state index in [0.29, 0.717) is 33.3 Å². The van der Waals surface area contributed by atoms with Gasteiger partial charge in [-0.25, -0.2) is 13.8 Å². The molecule has 5 rings (SSSR count). The number of nitrogens with zero attached hydrogens (tertiary/aromatic N) is 6. The Kier molecular flexibility index (Phi) is 7.33. The fraction of sp³-hybridized carbons (Fsp3) is 0.423. The molecule has 1 aliphatic heterocycles. The molecule has 1 aromatic carbocycles. The first-order chi connectivity index (χ1) is 19.1. The highest BCUT2D eigenvalue weighted by Crippen LogP contribution is 2.35. The number of carbonyl (C=O) groups is 1. The maximum atomic E-state index is 14.4. The van der Waals surface area contributed by atoms with Crippen molar-refractivity contribution in [3.63, 3.8) is 0 Å². The second-order valence-electron chi connectivity index (χ2n) is 9.78. The highest BCUT2D eigenvalue weighted by atomic mass is 32.1. The number of thiophene rings is 1. The highest BCUT2D eigenvalue weighted by Gasteiger charge is 2.46. The van der Waals surface area contributed by atoms with Crippen LogP contribution in [0.1, 0.15) is 30.6 Å². The quantitative estimate of drug-likeness (QED) is 0.320. The minimum atomic E-state index is -1.41. The van der Waals surface area contributed by atoms with Crippen LogP contribution in [0.2, 0.25) is 0 Å². The molecule has 2 unspecified atom stereocenters. The minimum absolute atomic E-state index is 0.102. The molecule has 2 atom stereocenters. The van der Waals surface area contributed by atoms with Crippen LogP contribution in [0.25, 0.3) is 15.2 Å². The van der Waals surface area contributed by atoms with Crippen LogP contribution in [0.15, 0.2) is 40.2 Å². The molecule has 1 aliphatic rings. The van der Waals surface area contributed by atoms with Gasteiger partial charge in [0.2, 0.25) is 5.91 Å². The topological polar surface area (TPSA) is 134 Å². The molecule has 0 radical (unpaired) electrons. The van der Waals surface area contributed by atoms with E-state index in [4.69, 9.17) is 9.47 Å². The Hall–Kier alpha value is -3.88. The molecule has 1 saturated heterocycles. The number of ether oxygens (including phenoxy) is 2. The predicted octanol–water partition coefficient (Wildman–Crippen LogP) is 1.59. The average molecular weight is 573 g/mol. The van der Waals surface area contributed by atoms with Crippen LogP contribution in [0.4, 0.5) is 4.39 Å². The first kappa shape index (κ1) is 27.7. The first-order valence-corrected chi connectivity index (χ1v) is 13.4. The van der Waals surface area contributed by atoms with Crippen molar-refractivity contribution in [2.45, 2.75) is 38.5 Å². The van der Waals surface area contributed by atoms with Crippen molar-refractivity contribution >= 4 is 27.5 Å². The molecule has 3 aromatic heterocycles. The van der Waals surface area contributed by atoms with Crippen LogP contribution < -0.4 is 16.0 Å². The molecule has 1 amide bonds. The largest absolute Gasteiger partial charge is 0.496 e. The van der Waals surface area contributed by atoms with Gasteiger partial charge in [0.1, 0.15) is 33.0 Å². The van der Waals surface area contributed by atoms with Crippen molar-refractivity contribution in [3.8, 4) is 10.8 Å². The summed E-state index contributed by atoms with van der Waals surface area (Å²) in [6.45, 7) is 3.12. The van der Waals surface area contributed by atoms with E-state index in [2.05, 4.69) is 10.2 Å². The summed E-state index contributed by atoms with van der Waals surface area (Å²) in [6.07, 6.45) is 2.31. The van der Waals surface area contributed by atoms with Gasteiger partial charge >= 0.3 is 5.69 Å². The molecule has 0 saturated carbocycles. The lowest BCUT2D eigenvalue weighted by atomic mass is 10.00. The summed E-state index contributed by atoms with van der Waals surface area (Å²) in [5, 5.41) is 18.6. The Balaban J connectivity index is 1.80. The van der Waals surface area contributed by atoms with E-state index in [-0.39, 0.29) is 37.5 Å². The zero-order chi connectivity index (χ0) is 28.8. The summed E-state index contributed by atoms with van der Waals surface area (Å²) in [6, 6.07) is 3.93. The number of likely N-dealkylation sites (tertiary alicyclic amines) is 1. The normalized spacial score (nSPS) is 18.1. The molecule has 1 N–H and O–H groups in total. The molecule has 0 aliphatic carbocycles. The number of aryl methyl sites for hydroxylation is 1. The number of methoxy groups -OCH3 is 1. The van der Waals surface area contributed by atoms with E-state index < -0.39 is 28.7 Å². The molecule has 14 heteroatoms. The van der Waals surface area contributed by atoms with Gasteiger partial charge in [-0.15, -0.1) is 4.80 Å². The Bertz CT molecular complexity index is 1700. The smallest absolute Gasteiger partial charge is 0.333 e. The van der Waals surface area contributed by atoms with E-state index in [9.17, 15) is 23.9 Å². The lowest BCUT2D eigenvalue weighted by molar-refractivity contribution is -0.133. The number of amides is 1. The molecule has 12 nitrogen and oxygen atoms in total. The zero-order valence-electron chi connectivity index (χ0n) is 22.5. The van der Waals surface area contributed by atoms with Crippen LogP contribution >= 0.6 is 11.3 Å². The van der Waals surface area contributed by atoms with E-state index in [1.165, 1.54) is 52.0 Å². The summed E-state index contributed by atoms with van der Waals surface area (Å²) in [5.74, 6) is -0.563. The van der Waals surface area contributed by atoms with Gasteiger partial charge in [-0.3, -0.25) is 14.2 Å². The summed E-state index contributed by atoms with van der Waals surface area (Å²) in [4.78, 5) is 44.7. The molecule has 4 heterocycles. The van der Waals surface area contributed by atoms with Gasteiger partial charge in [-0.2, -0.15) is 10.2 Å². The first-order valence-electron chi connectivity index (χ1n) is 12.6. The standard InChI is InChI=1S/C26H29FN6O6S/c1-15-20-21(35)32(26(2)7-10-30(3)24(26)36)25(37)31(23(20)40-22(15)33-28-8-9-29-33)14-19(39-12-11-34)17-13-16(27)5-6-18(17)38-4/h5-6,8-9,13,19,34H,7,10-12,14H2,1-4H3. The minimum Gasteiger partial charge on any atom is -0.496 e. The monoisotopic (exact) mass is 572 g/mol. The highest BCUT2D eigenvalue weighted by molar-refractivity contribution is 7.21. The number of aromatic nitrogens is 5. The molecule has 40 heavy (non-hydrogen) atoms. The zero-order valence-corrected chi connectivity index (χ0v) is 23.3. The van der Waals surface area contributed by atoms with Crippen molar-refractivity contribution in [1.82, 2.24) is 29.0 Å². The second kappa shape index (κ2) is 10.6. The van der Waals surface area contributed by atoms with Gasteiger partial charge in [0.05, 0.1) is 44.6 Å². The molecular formula is C26H29FN6O6S. The lowest BCUT2D eigenvalue weighted by Crippen LogP contribution is -2.53. The number of aliphatic hydroxyl groups is 1. The second-order valence-corrected chi connectivity index (χ2v) is 10.8. The summed E-state index contributed by atoms with van der Waals surface area (Å²) >= 11 is 1.14. The van der Waals surface area contributed by atoms with Gasteiger partial charge in [-0.05, 0) is 38.5 Å². The van der Waals surface area contributed by atoms with Crippen molar-refractivity contribution in [3.05, 3.63) is 68.4 Å². The molecule has 0 bridgehead atoms. The van der Waals surface area contributed by atoms with Crippen molar-refractivity contribution in [2.75, 3.05) is 33.9 Å². The fourth-order valence-electron chi connectivity index (χ4n) is 5.21. The molecular weight excluding hydrogens is 543 g/mol. The summed E-state index contributed by atoms with van der Waals surface area (Å²) < 4.78 is 28.1. The molecule has 4 aromatic rings. The lowest BCUT2D eigenvalue weighted by Gasteiger charge is -2.27. The molecule has 1 fully saturated rings. The van der Waals surface area contributed by atoms with Crippen LogP contribution in [-0.2, 0) is 21.6 Å². The third-order valence-corrected chi connectivity index (χ3v) is 8.60. The third-order valence-electron chi connectivity index (χ3n) is 7.32. The van der Waals surface area contributed by atoms with Gasteiger partial charge in [-0.1, -0.05) is 11.3 Å². The van der Waals surface area contributed by atoms with Gasteiger partial charge in [0.15, 0.2) is 0 Å². The summed E-state index contributed by atoms with van der Waals surface area (Å²) in [5.41, 5.74) is -1.85. The van der Waals surface area contributed by atoms with Gasteiger partial charge in [0.25, 0.3) is 5.56 Å². The van der Waals surface area contributed by atoms with Crippen LogP contribution in [0.3, 0.4) is 0 Å². The van der Waals surface area contributed by atoms with Gasteiger partial charge < -0.3 is 19.5 Å². The number of hydrogen-bond donors (Lipinski definition) is 1. The number of carbonyl (C=O) groups excluding carboxylic acids is 1. The van der Waals surface area contributed by atoms with Gasteiger partial charge in [0, 0.05) is 24.7 Å². The summed E-state index contributed by atoms with van der Waals surface area (Å²) in [7, 11) is 3.06. The number of fused-ring (bicyclic) bond motifs is 1. The fourth-order valence-corrected chi connectivity index (χ4v) is 6.43. The van der Waals surface area contributed by atoms with Crippen molar-refractivity contribution < 1.29 is 23.8 Å². The predicted molar refractivity (Wildman–Crippen MR) is 145 cm³/mol. The Morgan fingerprint density at radius 1 is 1.23 bits per heavy atom. The molecule has 0 spiro atoms. The average Bonchev–Trinajstić information content (AvgIpc) is 3.64. The Morgan fingerprint density at radius 3 is 2.58 bits per heavy atom. The number of benzene rings is 1. The van der Waals surface area contributed by atoms with E-state index >= 15 is 0 Å². The number of halogens is 1. The number of aliphatic hydroxyl groups excluding tert-OH is 1.